The molecule has 0 unspecified atom stereocenters. The lowest BCUT2D eigenvalue weighted by atomic mass is 10.1. The van der Waals surface area contributed by atoms with Gasteiger partial charge in [-0.2, -0.15) is 0 Å². The number of thioether (sulfide) groups is 1. The summed E-state index contributed by atoms with van der Waals surface area (Å²) in [5, 5.41) is 1.13. The number of rotatable bonds is 1. The molecule has 0 aromatic heterocycles. The van der Waals surface area contributed by atoms with E-state index in [9.17, 15) is 0 Å². The summed E-state index contributed by atoms with van der Waals surface area (Å²) in [6.07, 6.45) is 0. The summed E-state index contributed by atoms with van der Waals surface area (Å²) in [6, 6.07) is 0. The van der Waals surface area contributed by atoms with Gasteiger partial charge in [-0.1, -0.05) is 13.8 Å². The predicted molar refractivity (Wildman–Crippen MR) is 53.0 cm³/mol. The molecule has 0 N–H and O–H groups in total. The van der Waals surface area contributed by atoms with Crippen LogP contribution in [0.2, 0.25) is 0 Å². The van der Waals surface area contributed by atoms with Gasteiger partial charge < -0.3 is 0 Å². The highest BCUT2D eigenvalue weighted by Gasteiger charge is 2.15. The maximum absolute atomic E-state index is 4.45. The van der Waals surface area contributed by atoms with Gasteiger partial charge in [0, 0.05) is 19.3 Å². The largest absolute Gasteiger partial charge is 0.286 e. The van der Waals surface area contributed by atoms with Gasteiger partial charge in [0.2, 0.25) is 0 Å². The Kier molecular flexibility index (Phi) is 3.12. The van der Waals surface area contributed by atoms with Crippen molar-refractivity contribution in [3.8, 4) is 0 Å². The van der Waals surface area contributed by atoms with Gasteiger partial charge in [0.1, 0.15) is 5.04 Å². The average Bonchev–Trinajstić information content (AvgIpc) is 2.04. The minimum atomic E-state index is 0.515. The van der Waals surface area contributed by atoms with E-state index in [1.54, 1.807) is 0 Å². The average molecular weight is 170 g/mol. The fourth-order valence-corrected chi connectivity index (χ4v) is 2.01. The van der Waals surface area contributed by atoms with Crippen molar-refractivity contribution < 1.29 is 0 Å². The third-order valence-corrected chi connectivity index (χ3v) is 2.63. The van der Waals surface area contributed by atoms with Crippen molar-refractivity contribution in [3.05, 3.63) is 0 Å². The summed E-state index contributed by atoms with van der Waals surface area (Å²) < 4.78 is 0. The first-order valence-corrected chi connectivity index (χ1v) is 4.88. The quantitative estimate of drug-likeness (QED) is 0.589. The molecule has 1 aliphatic heterocycles. The summed E-state index contributed by atoms with van der Waals surface area (Å²) in [6.45, 7) is 5.28. The van der Waals surface area contributed by atoms with Crippen molar-refractivity contribution in [1.29, 1.82) is 0 Å². The molecule has 11 heavy (non-hydrogen) atoms. The molecule has 0 radical (unpaired) electrons. The van der Waals surface area contributed by atoms with E-state index in [4.69, 9.17) is 0 Å². The standard InChI is InChI=1S/C8H14N2S/c1-6(2)7-8(9-3)11-5-4-10-7/h6H,4-5H2,1-3H3. The molecule has 0 bridgehead atoms. The number of nitrogens with zero attached hydrogens (tertiary/aromatic N) is 2. The molecule has 0 aromatic carbocycles. The van der Waals surface area contributed by atoms with E-state index in [0.29, 0.717) is 5.92 Å². The monoisotopic (exact) mass is 170 g/mol. The van der Waals surface area contributed by atoms with Crippen molar-refractivity contribution >= 4 is 22.5 Å². The number of hydrogen-bond acceptors (Lipinski definition) is 3. The lowest BCUT2D eigenvalue weighted by Crippen LogP contribution is -2.22. The van der Waals surface area contributed by atoms with Crippen LogP contribution in [0.1, 0.15) is 13.8 Å². The van der Waals surface area contributed by atoms with Crippen molar-refractivity contribution in [2.75, 3.05) is 19.3 Å². The Bertz CT molecular complexity index is 194. The Balaban J connectivity index is 2.80. The fourth-order valence-electron chi connectivity index (χ4n) is 1.06. The molecular weight excluding hydrogens is 156 g/mol. The Morgan fingerprint density at radius 3 is 2.73 bits per heavy atom. The van der Waals surface area contributed by atoms with Gasteiger partial charge in [-0.25, -0.2) is 0 Å². The molecule has 0 atom stereocenters. The van der Waals surface area contributed by atoms with Crippen LogP contribution in [-0.4, -0.2) is 30.1 Å². The second kappa shape index (κ2) is 3.90. The predicted octanol–water partition coefficient (Wildman–Crippen LogP) is 1.86. The third-order valence-electron chi connectivity index (χ3n) is 1.58. The molecule has 1 aliphatic rings. The first-order chi connectivity index (χ1) is 5.25. The Morgan fingerprint density at radius 2 is 2.27 bits per heavy atom. The Morgan fingerprint density at radius 1 is 1.55 bits per heavy atom. The van der Waals surface area contributed by atoms with Crippen molar-refractivity contribution in [1.82, 2.24) is 0 Å². The smallest absolute Gasteiger partial charge is 0.111 e. The molecule has 2 nitrogen and oxygen atoms in total. The van der Waals surface area contributed by atoms with Gasteiger partial charge >= 0.3 is 0 Å². The molecule has 0 saturated carbocycles. The zero-order valence-corrected chi connectivity index (χ0v) is 8.11. The van der Waals surface area contributed by atoms with Crippen LogP contribution in [0.4, 0.5) is 0 Å². The van der Waals surface area contributed by atoms with E-state index < -0.39 is 0 Å². The van der Waals surface area contributed by atoms with Crippen molar-refractivity contribution in [3.63, 3.8) is 0 Å². The van der Waals surface area contributed by atoms with E-state index in [-0.39, 0.29) is 0 Å². The van der Waals surface area contributed by atoms with Crippen LogP contribution >= 0.6 is 11.8 Å². The van der Waals surface area contributed by atoms with Gasteiger partial charge in [-0.3, -0.25) is 9.98 Å². The molecule has 0 saturated heterocycles. The first kappa shape index (κ1) is 8.78. The molecule has 1 rings (SSSR count). The molecule has 1 heterocycles. The molecule has 0 fully saturated rings. The van der Waals surface area contributed by atoms with Gasteiger partial charge in [-0.15, -0.1) is 11.8 Å². The molecule has 0 amide bonds. The third kappa shape index (κ3) is 2.06. The first-order valence-electron chi connectivity index (χ1n) is 3.90. The minimum Gasteiger partial charge on any atom is -0.286 e. The topological polar surface area (TPSA) is 24.7 Å². The van der Waals surface area contributed by atoms with Crippen LogP contribution in [0, 0.1) is 5.92 Å². The van der Waals surface area contributed by atoms with Gasteiger partial charge in [0.15, 0.2) is 0 Å². The molecule has 0 aliphatic carbocycles. The van der Waals surface area contributed by atoms with Gasteiger partial charge in [-0.05, 0) is 5.92 Å². The highest BCUT2D eigenvalue weighted by Crippen LogP contribution is 2.15. The van der Waals surface area contributed by atoms with Gasteiger partial charge in [0.05, 0.1) is 5.71 Å². The summed E-state index contributed by atoms with van der Waals surface area (Å²) in [5.41, 5.74) is 1.18. The maximum Gasteiger partial charge on any atom is 0.111 e. The van der Waals surface area contributed by atoms with E-state index in [2.05, 4.69) is 23.8 Å². The highest BCUT2D eigenvalue weighted by atomic mass is 32.2. The SMILES string of the molecule is CN=C1SCCN=C1C(C)C. The van der Waals surface area contributed by atoms with Crippen LogP contribution in [0.15, 0.2) is 9.98 Å². The fraction of sp³-hybridized carbons (Fsp3) is 0.750. The minimum absolute atomic E-state index is 0.515. The number of hydrogen-bond donors (Lipinski definition) is 0. The maximum atomic E-state index is 4.45. The van der Waals surface area contributed by atoms with Crippen LogP contribution in [0.3, 0.4) is 0 Å². The summed E-state index contributed by atoms with van der Waals surface area (Å²) in [7, 11) is 1.84. The molecule has 0 spiro atoms. The summed E-state index contributed by atoms with van der Waals surface area (Å²) in [4.78, 5) is 8.65. The normalized spacial score (nSPS) is 22.5. The number of aliphatic imine (C=N–C) groups is 2. The Labute approximate surface area is 72.2 Å². The summed E-state index contributed by atoms with van der Waals surface area (Å²) in [5.74, 6) is 1.60. The van der Waals surface area contributed by atoms with Crippen molar-refractivity contribution in [2.24, 2.45) is 15.9 Å². The summed E-state index contributed by atoms with van der Waals surface area (Å²) >= 11 is 1.82. The molecule has 62 valence electrons. The Hall–Kier alpha value is -0.310. The van der Waals surface area contributed by atoms with Crippen LogP contribution in [0.5, 0.6) is 0 Å². The highest BCUT2D eigenvalue weighted by molar-refractivity contribution is 8.15. The zero-order chi connectivity index (χ0) is 8.27. The van der Waals surface area contributed by atoms with Crippen molar-refractivity contribution in [2.45, 2.75) is 13.8 Å². The van der Waals surface area contributed by atoms with E-state index >= 15 is 0 Å². The molecule has 3 heteroatoms. The second-order valence-electron chi connectivity index (χ2n) is 2.80. The lowest BCUT2D eigenvalue weighted by Gasteiger charge is -2.16. The van der Waals surface area contributed by atoms with Crippen LogP contribution in [0.25, 0.3) is 0 Å². The van der Waals surface area contributed by atoms with E-state index in [0.717, 1.165) is 17.3 Å². The van der Waals surface area contributed by atoms with E-state index in [1.807, 2.05) is 18.8 Å². The van der Waals surface area contributed by atoms with Crippen LogP contribution in [-0.2, 0) is 0 Å². The van der Waals surface area contributed by atoms with Gasteiger partial charge in [0.25, 0.3) is 0 Å². The lowest BCUT2D eigenvalue weighted by molar-refractivity contribution is 0.883. The van der Waals surface area contributed by atoms with Crippen LogP contribution < -0.4 is 0 Å². The second-order valence-corrected chi connectivity index (χ2v) is 3.88. The molecular formula is C8H14N2S. The zero-order valence-electron chi connectivity index (χ0n) is 7.29. The van der Waals surface area contributed by atoms with E-state index in [1.165, 1.54) is 5.71 Å². The molecule has 0 aromatic rings.